The van der Waals surface area contributed by atoms with Gasteiger partial charge < -0.3 is 35.1 Å². The molecule has 41 heavy (non-hydrogen) atoms. The predicted octanol–water partition coefficient (Wildman–Crippen LogP) is 11.7. The zero-order valence-electron chi connectivity index (χ0n) is 29.0. The molecule has 0 saturated carbocycles. The van der Waals surface area contributed by atoms with Crippen molar-refractivity contribution in [3.8, 4) is 0 Å². The number of quaternary nitrogens is 1. The maximum absolute atomic E-state index is 5.23. The molecule has 0 aromatic heterocycles. The molecule has 2 nitrogen and oxygen atoms in total. The van der Waals surface area contributed by atoms with E-state index in [1.54, 1.807) is 0 Å². The van der Waals surface area contributed by atoms with Crippen molar-refractivity contribution >= 4 is 29.2 Å². The van der Waals surface area contributed by atoms with Gasteiger partial charge in [0.15, 0.2) is 0 Å². The van der Waals surface area contributed by atoms with Gasteiger partial charge in [0.05, 0.1) is 13.1 Å². The van der Waals surface area contributed by atoms with Crippen molar-refractivity contribution < 1.29 is 5.32 Å². The minimum Gasteiger partial charge on any atom is -0.411 e. The van der Waals surface area contributed by atoms with E-state index in [4.69, 9.17) is 24.8 Å². The Morgan fingerprint density at radius 2 is 0.659 bits per heavy atom. The summed E-state index contributed by atoms with van der Waals surface area (Å²) in [6, 6.07) is 0. The standard InChI is InChI=1S/C19H39NS2.C18H39N/c1-3-5-7-9-11-13-15-17-20(19(21)22)18-16-14-12-10-8-6-4-2;1-3-5-7-9-11-13-15-17-19-18-16-14-12-10-8-6-4-2/h3-18H2,1-2H3,(H,21,22);19H,3-18H2,1-2H3. The van der Waals surface area contributed by atoms with E-state index in [0.29, 0.717) is 4.32 Å². The van der Waals surface area contributed by atoms with Crippen LogP contribution in [0.3, 0.4) is 0 Å². The molecule has 0 fully saturated rings. The van der Waals surface area contributed by atoms with E-state index >= 15 is 0 Å². The number of hydrogen-bond donors (Lipinski definition) is 1. The molecule has 0 rings (SSSR count). The Hall–Kier alpha value is 0.0700. The number of nitrogens with two attached hydrogens (primary N) is 1. The lowest BCUT2D eigenvalue weighted by Gasteiger charge is -2.28. The summed E-state index contributed by atoms with van der Waals surface area (Å²) in [5.41, 5.74) is 0. The fourth-order valence-corrected chi connectivity index (χ4v) is 5.81. The highest BCUT2D eigenvalue weighted by Crippen LogP contribution is 2.11. The minimum absolute atomic E-state index is 0.678. The van der Waals surface area contributed by atoms with Gasteiger partial charge in [0.2, 0.25) is 0 Å². The number of rotatable bonds is 32. The minimum atomic E-state index is 0.678. The van der Waals surface area contributed by atoms with Crippen LogP contribution in [0.25, 0.3) is 0 Å². The summed E-state index contributed by atoms with van der Waals surface area (Å²) in [6.07, 6.45) is 39.1. The van der Waals surface area contributed by atoms with Crippen LogP contribution in [-0.2, 0) is 12.6 Å². The Kier molecular flexibility index (Phi) is 42.2. The lowest BCUT2D eigenvalue weighted by atomic mass is 10.1. The van der Waals surface area contributed by atoms with Gasteiger partial charge in [-0.25, -0.2) is 0 Å². The molecule has 0 spiro atoms. The smallest absolute Gasteiger partial charge is 0.0755 e. The molecular weight excluding hydrogens is 537 g/mol. The molecule has 0 unspecified atom stereocenters. The molecule has 0 aliphatic heterocycles. The first-order chi connectivity index (χ1) is 20.1. The highest BCUT2D eigenvalue weighted by molar-refractivity contribution is 8.00. The molecule has 0 amide bonds. The van der Waals surface area contributed by atoms with Crippen LogP contribution in [0.5, 0.6) is 0 Å². The molecule has 0 saturated heterocycles. The summed E-state index contributed by atoms with van der Waals surface area (Å²) >= 11 is 10.5. The Bertz CT molecular complexity index is 438. The molecule has 2 N–H and O–H groups in total. The maximum Gasteiger partial charge on any atom is 0.0755 e. The van der Waals surface area contributed by atoms with Gasteiger partial charge in [-0.05, 0) is 38.5 Å². The van der Waals surface area contributed by atoms with Crippen molar-refractivity contribution in [2.75, 3.05) is 26.2 Å². The number of hydrogen-bond acceptors (Lipinski definition) is 2. The second-order valence-electron chi connectivity index (χ2n) is 12.6. The van der Waals surface area contributed by atoms with E-state index < -0.39 is 0 Å². The second kappa shape index (κ2) is 40.1. The van der Waals surface area contributed by atoms with Crippen LogP contribution in [0, 0.1) is 0 Å². The third-order valence-electron chi connectivity index (χ3n) is 8.34. The van der Waals surface area contributed by atoms with E-state index in [2.05, 4.69) is 37.9 Å². The van der Waals surface area contributed by atoms with Gasteiger partial charge >= 0.3 is 0 Å². The molecule has 248 valence electrons. The molecule has 4 heteroatoms. The van der Waals surface area contributed by atoms with Crippen molar-refractivity contribution in [3.63, 3.8) is 0 Å². The fourth-order valence-electron chi connectivity index (χ4n) is 5.45. The van der Waals surface area contributed by atoms with Gasteiger partial charge in [0, 0.05) is 13.1 Å². The van der Waals surface area contributed by atoms with Gasteiger partial charge in [-0.3, -0.25) is 0 Å². The zero-order valence-corrected chi connectivity index (χ0v) is 30.6. The lowest BCUT2D eigenvalue weighted by molar-refractivity contribution is -0.655. The van der Waals surface area contributed by atoms with Gasteiger partial charge in [-0.2, -0.15) is 0 Å². The monoisotopic (exact) mass is 615 g/mol. The summed E-state index contributed by atoms with van der Waals surface area (Å²) in [5, 5.41) is 2.54. The summed E-state index contributed by atoms with van der Waals surface area (Å²) in [7, 11) is 0. The van der Waals surface area contributed by atoms with E-state index in [-0.39, 0.29) is 0 Å². The van der Waals surface area contributed by atoms with Crippen molar-refractivity contribution in [1.29, 1.82) is 0 Å². The van der Waals surface area contributed by atoms with E-state index in [0.717, 1.165) is 13.1 Å². The Morgan fingerprint density at radius 3 is 0.927 bits per heavy atom. The van der Waals surface area contributed by atoms with Gasteiger partial charge in [0.1, 0.15) is 0 Å². The third-order valence-corrected chi connectivity index (χ3v) is 8.86. The van der Waals surface area contributed by atoms with Crippen molar-refractivity contribution in [3.05, 3.63) is 0 Å². The molecule has 0 heterocycles. The first-order valence-corrected chi connectivity index (χ1v) is 19.7. The van der Waals surface area contributed by atoms with Crippen molar-refractivity contribution in [2.24, 2.45) is 0 Å². The third kappa shape index (κ3) is 40.1. The number of thiocarbonyl (C=S) groups is 1. The topological polar surface area (TPSA) is 19.9 Å². The molecule has 0 bridgehead atoms. The van der Waals surface area contributed by atoms with Gasteiger partial charge in [0.25, 0.3) is 0 Å². The van der Waals surface area contributed by atoms with Crippen molar-refractivity contribution in [2.45, 2.75) is 207 Å². The maximum atomic E-state index is 5.23. The zero-order chi connectivity index (χ0) is 30.5. The highest BCUT2D eigenvalue weighted by Gasteiger charge is 2.01. The molecule has 0 radical (unpaired) electrons. The fraction of sp³-hybridized carbons (Fsp3) is 0.973. The first kappa shape index (κ1) is 43.2. The quantitative estimate of drug-likeness (QED) is 0.0462. The summed E-state index contributed by atoms with van der Waals surface area (Å²) in [5.74, 6) is 0. The van der Waals surface area contributed by atoms with Crippen LogP contribution in [0.2, 0.25) is 0 Å². The lowest BCUT2D eigenvalue weighted by Crippen LogP contribution is -2.84. The average Bonchev–Trinajstić information content (AvgIpc) is 2.97. The molecule has 0 aliphatic rings. The van der Waals surface area contributed by atoms with Gasteiger partial charge in [-0.1, -0.05) is 173 Å². The van der Waals surface area contributed by atoms with Crippen LogP contribution in [0.15, 0.2) is 0 Å². The summed E-state index contributed by atoms with van der Waals surface area (Å²) < 4.78 is 0.678. The van der Waals surface area contributed by atoms with Crippen LogP contribution >= 0.6 is 12.2 Å². The highest BCUT2D eigenvalue weighted by atomic mass is 32.1. The van der Waals surface area contributed by atoms with Crippen molar-refractivity contribution in [1.82, 2.24) is 4.90 Å². The van der Waals surface area contributed by atoms with Crippen LogP contribution in [-0.4, -0.2) is 35.4 Å². The van der Waals surface area contributed by atoms with E-state index in [1.807, 2.05) is 0 Å². The molecule has 0 aliphatic carbocycles. The summed E-state index contributed by atoms with van der Waals surface area (Å²) in [4.78, 5) is 2.25. The number of unbranched alkanes of at least 4 members (excludes halogenated alkanes) is 24. The number of nitrogens with zero attached hydrogens (tertiary/aromatic N) is 1. The van der Waals surface area contributed by atoms with Crippen LogP contribution in [0.1, 0.15) is 207 Å². The summed E-state index contributed by atoms with van der Waals surface area (Å²) in [6.45, 7) is 14.0. The van der Waals surface area contributed by atoms with Crippen LogP contribution in [0.4, 0.5) is 0 Å². The predicted molar refractivity (Wildman–Crippen MR) is 195 cm³/mol. The Balaban J connectivity index is 0. The average molecular weight is 615 g/mol. The second-order valence-corrected chi connectivity index (χ2v) is 13.6. The van der Waals surface area contributed by atoms with E-state index in [1.165, 1.54) is 193 Å². The molecule has 0 aromatic rings. The van der Waals surface area contributed by atoms with E-state index in [9.17, 15) is 0 Å². The molecular formula is C37H78N2S2. The Labute approximate surface area is 272 Å². The van der Waals surface area contributed by atoms with Gasteiger partial charge in [-0.15, -0.1) is 0 Å². The molecule has 0 aromatic carbocycles. The Morgan fingerprint density at radius 1 is 0.415 bits per heavy atom. The SMILES string of the molecule is CCCCCCCCCN(CCCCCCCCC)C(=S)[S-].CCCCCCCCC[NH2+]CCCCCCCCC. The normalized spacial score (nSPS) is 10.9. The largest absolute Gasteiger partial charge is 0.411 e. The van der Waals surface area contributed by atoms with Crippen LogP contribution < -0.4 is 5.32 Å². The molecule has 0 atom stereocenters. The first-order valence-electron chi connectivity index (χ1n) is 18.9.